The summed E-state index contributed by atoms with van der Waals surface area (Å²) < 4.78 is 24.6. The molecule has 0 saturated carbocycles. The standard InChI is InChI=1S/C12H16F2N2O2/c1-8(11(13)14)16-10-4-2-9(3-5-10)12(18)15-6-7-17/h2-5,8,11,16-17H,6-7H2,1H3,(H,15,18). The smallest absolute Gasteiger partial charge is 0.258 e. The van der Waals surface area contributed by atoms with Gasteiger partial charge >= 0.3 is 0 Å². The molecule has 100 valence electrons. The van der Waals surface area contributed by atoms with Crippen molar-refractivity contribution in [2.75, 3.05) is 18.5 Å². The van der Waals surface area contributed by atoms with Gasteiger partial charge in [0, 0.05) is 17.8 Å². The summed E-state index contributed by atoms with van der Waals surface area (Å²) in [4.78, 5) is 11.5. The van der Waals surface area contributed by atoms with E-state index in [0.29, 0.717) is 11.3 Å². The molecule has 0 aliphatic rings. The van der Waals surface area contributed by atoms with Gasteiger partial charge < -0.3 is 15.7 Å². The first-order valence-electron chi connectivity index (χ1n) is 5.58. The molecule has 0 aliphatic carbocycles. The van der Waals surface area contributed by atoms with Gasteiger partial charge in [-0.05, 0) is 31.2 Å². The molecule has 0 saturated heterocycles. The third kappa shape index (κ3) is 4.29. The van der Waals surface area contributed by atoms with Crippen LogP contribution in [0.25, 0.3) is 0 Å². The van der Waals surface area contributed by atoms with Crippen LogP contribution in [0.2, 0.25) is 0 Å². The Morgan fingerprint density at radius 2 is 1.94 bits per heavy atom. The molecule has 3 N–H and O–H groups in total. The van der Waals surface area contributed by atoms with Crippen LogP contribution < -0.4 is 10.6 Å². The molecule has 1 unspecified atom stereocenters. The number of hydrogen-bond acceptors (Lipinski definition) is 3. The van der Waals surface area contributed by atoms with Gasteiger partial charge in [0.1, 0.15) is 0 Å². The van der Waals surface area contributed by atoms with E-state index in [1.807, 2.05) is 0 Å². The lowest BCUT2D eigenvalue weighted by Crippen LogP contribution is -2.26. The maximum atomic E-state index is 12.3. The molecule has 6 heteroatoms. The number of alkyl halides is 2. The molecule has 1 rings (SSSR count). The summed E-state index contributed by atoms with van der Waals surface area (Å²) in [6.07, 6.45) is -2.45. The fourth-order valence-corrected chi connectivity index (χ4v) is 1.32. The van der Waals surface area contributed by atoms with Crippen LogP contribution in [0.3, 0.4) is 0 Å². The predicted octanol–water partition coefficient (Wildman–Crippen LogP) is 1.47. The zero-order valence-corrected chi connectivity index (χ0v) is 9.99. The van der Waals surface area contributed by atoms with Crippen LogP contribution in [0.4, 0.5) is 14.5 Å². The Morgan fingerprint density at radius 1 is 1.33 bits per heavy atom. The fourth-order valence-electron chi connectivity index (χ4n) is 1.32. The van der Waals surface area contributed by atoms with Crippen molar-refractivity contribution in [3.05, 3.63) is 29.8 Å². The van der Waals surface area contributed by atoms with Crippen LogP contribution in [-0.2, 0) is 0 Å². The first kappa shape index (κ1) is 14.4. The number of halogens is 2. The van der Waals surface area contributed by atoms with Gasteiger partial charge in [-0.15, -0.1) is 0 Å². The van der Waals surface area contributed by atoms with Crippen LogP contribution in [0.15, 0.2) is 24.3 Å². The molecule has 1 amide bonds. The van der Waals surface area contributed by atoms with Gasteiger partial charge in [0.2, 0.25) is 0 Å². The summed E-state index contributed by atoms with van der Waals surface area (Å²) in [5.41, 5.74) is 0.945. The number of carbonyl (C=O) groups excluding carboxylic acids is 1. The Bertz CT molecular complexity index is 382. The van der Waals surface area contributed by atoms with Crippen molar-refractivity contribution in [1.29, 1.82) is 0 Å². The zero-order chi connectivity index (χ0) is 13.5. The second-order valence-corrected chi connectivity index (χ2v) is 3.82. The largest absolute Gasteiger partial charge is 0.395 e. The second kappa shape index (κ2) is 6.90. The molecule has 4 nitrogen and oxygen atoms in total. The van der Waals surface area contributed by atoms with Crippen molar-refractivity contribution >= 4 is 11.6 Å². The Labute approximate surface area is 104 Å². The molecular weight excluding hydrogens is 242 g/mol. The lowest BCUT2D eigenvalue weighted by atomic mass is 10.2. The maximum Gasteiger partial charge on any atom is 0.258 e. The topological polar surface area (TPSA) is 61.4 Å². The molecule has 0 heterocycles. The van der Waals surface area contributed by atoms with Gasteiger partial charge in [-0.2, -0.15) is 0 Å². The number of aliphatic hydroxyl groups excluding tert-OH is 1. The van der Waals surface area contributed by atoms with Crippen molar-refractivity contribution in [3.63, 3.8) is 0 Å². The minimum absolute atomic E-state index is 0.128. The summed E-state index contributed by atoms with van der Waals surface area (Å²) >= 11 is 0. The van der Waals surface area contributed by atoms with Crippen LogP contribution in [0, 0.1) is 0 Å². The normalized spacial score (nSPS) is 12.3. The summed E-state index contributed by atoms with van der Waals surface area (Å²) in [6, 6.07) is 5.25. The van der Waals surface area contributed by atoms with Gasteiger partial charge in [-0.3, -0.25) is 4.79 Å². The minimum atomic E-state index is -2.45. The van der Waals surface area contributed by atoms with Crippen LogP contribution in [-0.4, -0.2) is 36.6 Å². The third-order valence-electron chi connectivity index (χ3n) is 2.32. The van der Waals surface area contributed by atoms with E-state index in [2.05, 4.69) is 10.6 Å². The highest BCUT2D eigenvalue weighted by molar-refractivity contribution is 5.94. The van der Waals surface area contributed by atoms with E-state index in [-0.39, 0.29) is 19.1 Å². The maximum absolute atomic E-state index is 12.3. The SMILES string of the molecule is CC(Nc1ccc(C(=O)NCCO)cc1)C(F)F. The molecule has 0 spiro atoms. The minimum Gasteiger partial charge on any atom is -0.395 e. The predicted molar refractivity (Wildman–Crippen MR) is 64.9 cm³/mol. The lowest BCUT2D eigenvalue weighted by Gasteiger charge is -2.14. The number of nitrogens with one attached hydrogen (secondary N) is 2. The average Bonchev–Trinajstić information content (AvgIpc) is 2.36. The third-order valence-corrected chi connectivity index (χ3v) is 2.32. The fraction of sp³-hybridized carbons (Fsp3) is 0.417. The molecule has 0 fully saturated rings. The molecular formula is C12H16F2N2O2. The number of hydrogen-bond donors (Lipinski definition) is 3. The van der Waals surface area contributed by atoms with Crippen molar-refractivity contribution in [2.24, 2.45) is 0 Å². The quantitative estimate of drug-likeness (QED) is 0.724. The van der Waals surface area contributed by atoms with E-state index < -0.39 is 12.5 Å². The van der Waals surface area contributed by atoms with E-state index in [0.717, 1.165) is 0 Å². The van der Waals surface area contributed by atoms with Crippen LogP contribution in [0.5, 0.6) is 0 Å². The zero-order valence-electron chi connectivity index (χ0n) is 9.99. The molecule has 1 aromatic rings. The van der Waals surface area contributed by atoms with E-state index in [1.165, 1.54) is 19.1 Å². The van der Waals surface area contributed by atoms with E-state index in [4.69, 9.17) is 5.11 Å². The Balaban J connectivity index is 2.59. The summed E-state index contributed by atoms with van der Waals surface area (Å²) in [6.45, 7) is 1.44. The first-order valence-corrected chi connectivity index (χ1v) is 5.58. The van der Waals surface area contributed by atoms with Crippen molar-refractivity contribution in [1.82, 2.24) is 5.32 Å². The molecule has 0 aliphatic heterocycles. The highest BCUT2D eigenvalue weighted by Crippen LogP contribution is 2.13. The molecule has 1 atom stereocenters. The van der Waals surface area contributed by atoms with Crippen molar-refractivity contribution in [2.45, 2.75) is 19.4 Å². The number of amides is 1. The van der Waals surface area contributed by atoms with E-state index >= 15 is 0 Å². The summed E-state index contributed by atoms with van der Waals surface area (Å²) in [7, 11) is 0. The Hall–Kier alpha value is -1.69. The highest BCUT2D eigenvalue weighted by atomic mass is 19.3. The lowest BCUT2D eigenvalue weighted by molar-refractivity contribution is 0.0944. The number of rotatable bonds is 6. The molecule has 1 aromatic carbocycles. The second-order valence-electron chi connectivity index (χ2n) is 3.82. The van der Waals surface area contributed by atoms with Crippen molar-refractivity contribution < 1.29 is 18.7 Å². The summed E-state index contributed by atoms with van der Waals surface area (Å²) in [5.74, 6) is -0.308. The molecule has 0 aromatic heterocycles. The molecule has 18 heavy (non-hydrogen) atoms. The highest BCUT2D eigenvalue weighted by Gasteiger charge is 2.13. The monoisotopic (exact) mass is 258 g/mol. The Kier molecular flexibility index (Phi) is 5.51. The Morgan fingerprint density at radius 3 is 2.44 bits per heavy atom. The van der Waals surface area contributed by atoms with E-state index in [9.17, 15) is 13.6 Å². The van der Waals surface area contributed by atoms with Gasteiger partial charge in [0.25, 0.3) is 12.3 Å². The molecule has 0 radical (unpaired) electrons. The van der Waals surface area contributed by atoms with Crippen LogP contribution in [0.1, 0.15) is 17.3 Å². The van der Waals surface area contributed by atoms with Crippen molar-refractivity contribution in [3.8, 4) is 0 Å². The van der Waals surface area contributed by atoms with Gasteiger partial charge in [-0.1, -0.05) is 0 Å². The van der Waals surface area contributed by atoms with Gasteiger partial charge in [0.15, 0.2) is 0 Å². The van der Waals surface area contributed by atoms with Gasteiger partial charge in [-0.25, -0.2) is 8.78 Å². The molecule has 0 bridgehead atoms. The first-order chi connectivity index (χ1) is 8.54. The number of aliphatic hydroxyl groups is 1. The number of anilines is 1. The number of benzene rings is 1. The van der Waals surface area contributed by atoms with E-state index in [1.54, 1.807) is 12.1 Å². The average molecular weight is 258 g/mol. The van der Waals surface area contributed by atoms with Crippen LogP contribution >= 0.6 is 0 Å². The number of carbonyl (C=O) groups is 1. The summed E-state index contributed by atoms with van der Waals surface area (Å²) in [5, 5.41) is 13.7. The van der Waals surface area contributed by atoms with Gasteiger partial charge in [0.05, 0.1) is 12.6 Å².